The van der Waals surface area contributed by atoms with Gasteiger partial charge in [0.2, 0.25) is 5.91 Å². The van der Waals surface area contributed by atoms with Gasteiger partial charge in [0, 0.05) is 41.6 Å². The maximum absolute atomic E-state index is 12.6. The zero-order chi connectivity index (χ0) is 27.1. The van der Waals surface area contributed by atoms with Gasteiger partial charge in [-0.1, -0.05) is 25.8 Å². The van der Waals surface area contributed by atoms with E-state index in [1.165, 1.54) is 43.7 Å². The lowest BCUT2D eigenvalue weighted by Gasteiger charge is -2.40. The Morgan fingerprint density at radius 3 is 2.22 bits per heavy atom. The van der Waals surface area contributed by atoms with Crippen LogP contribution >= 0.6 is 0 Å². The summed E-state index contributed by atoms with van der Waals surface area (Å²) in [6, 6.07) is 7.64. The van der Waals surface area contributed by atoms with Gasteiger partial charge in [-0.05, 0) is 56.5 Å². The van der Waals surface area contributed by atoms with Crippen molar-refractivity contribution in [2.24, 2.45) is 11.5 Å². The Morgan fingerprint density at radius 2 is 1.73 bits per heavy atom. The number of aliphatic hydroxyl groups is 1. The van der Waals surface area contributed by atoms with Crippen LogP contribution in [0.1, 0.15) is 82.9 Å². The molecular weight excluding hydrogens is 472 g/mol. The van der Waals surface area contributed by atoms with Gasteiger partial charge in [0.15, 0.2) is 0 Å². The SMILES string of the molecule is C=C1CC(NC(=O)c2ccc(C(N)=O)c(N)c2)CC(C)N1c1ccc(C(N)=O)cn1.OC1CCCCC1. The summed E-state index contributed by atoms with van der Waals surface area (Å²) in [7, 11) is 0. The Kier molecular flexibility index (Phi) is 9.24. The van der Waals surface area contributed by atoms with Gasteiger partial charge in [-0.3, -0.25) is 14.4 Å². The van der Waals surface area contributed by atoms with Gasteiger partial charge in [-0.2, -0.15) is 0 Å². The van der Waals surface area contributed by atoms with E-state index in [-0.39, 0.29) is 35.3 Å². The van der Waals surface area contributed by atoms with Crippen molar-refractivity contribution < 1.29 is 19.5 Å². The molecule has 0 spiro atoms. The molecule has 1 saturated carbocycles. The van der Waals surface area contributed by atoms with Crippen molar-refractivity contribution in [1.29, 1.82) is 0 Å². The van der Waals surface area contributed by atoms with Crippen LogP contribution in [0.5, 0.6) is 0 Å². The average Bonchev–Trinajstić information content (AvgIpc) is 2.84. The fourth-order valence-corrected chi connectivity index (χ4v) is 4.75. The Labute approximate surface area is 216 Å². The summed E-state index contributed by atoms with van der Waals surface area (Å²) in [6.45, 7) is 6.13. The third-order valence-corrected chi connectivity index (χ3v) is 6.66. The lowest BCUT2D eigenvalue weighted by molar-refractivity contribution is 0.0928. The summed E-state index contributed by atoms with van der Waals surface area (Å²) in [5.41, 5.74) is 18.1. The van der Waals surface area contributed by atoms with Crippen LogP contribution in [0.4, 0.5) is 11.5 Å². The van der Waals surface area contributed by atoms with Crippen LogP contribution in [0.15, 0.2) is 48.8 Å². The fourth-order valence-electron chi connectivity index (χ4n) is 4.75. The predicted octanol–water partition coefficient (Wildman–Crippen LogP) is 2.47. The first-order valence-electron chi connectivity index (χ1n) is 12.5. The van der Waals surface area contributed by atoms with Crippen LogP contribution in [0.2, 0.25) is 0 Å². The van der Waals surface area contributed by atoms with Crippen LogP contribution in [0.3, 0.4) is 0 Å². The molecule has 1 aromatic carbocycles. The van der Waals surface area contributed by atoms with Gasteiger partial charge in [-0.15, -0.1) is 0 Å². The standard InChI is InChI=1S/C21H24N6O3.C6H12O/c1-11-7-15(26-21(30)13-3-5-16(20(24)29)17(22)9-13)8-12(2)27(11)18-6-4-14(10-25-18)19(23)28;7-6-4-2-1-3-5-6/h3-6,9-10,12,15H,1,7-8,22H2,2H3,(H2,23,28)(H2,24,29)(H,26,30);6-7H,1-5H2. The van der Waals surface area contributed by atoms with E-state index >= 15 is 0 Å². The van der Waals surface area contributed by atoms with E-state index < -0.39 is 11.8 Å². The number of nitrogen functional groups attached to an aromatic ring is 1. The second kappa shape index (κ2) is 12.4. The normalized spacial score (nSPS) is 19.9. The molecule has 1 saturated heterocycles. The maximum atomic E-state index is 12.6. The highest BCUT2D eigenvalue weighted by atomic mass is 16.3. The van der Waals surface area contributed by atoms with Crippen LogP contribution in [0, 0.1) is 0 Å². The highest BCUT2D eigenvalue weighted by Crippen LogP contribution is 2.30. The smallest absolute Gasteiger partial charge is 0.251 e. The van der Waals surface area contributed by atoms with E-state index in [1.807, 2.05) is 11.8 Å². The van der Waals surface area contributed by atoms with Gasteiger partial charge in [-0.25, -0.2) is 4.98 Å². The zero-order valence-electron chi connectivity index (χ0n) is 21.2. The van der Waals surface area contributed by atoms with Crippen LogP contribution < -0.4 is 27.4 Å². The topological polar surface area (TPSA) is 178 Å². The summed E-state index contributed by atoms with van der Waals surface area (Å²) < 4.78 is 0. The van der Waals surface area contributed by atoms with Crippen molar-refractivity contribution in [3.05, 3.63) is 65.5 Å². The number of nitrogens with one attached hydrogen (secondary N) is 1. The Bertz CT molecular complexity index is 1140. The van der Waals surface area contributed by atoms with E-state index in [9.17, 15) is 14.4 Å². The molecule has 0 radical (unpaired) electrons. The first kappa shape index (κ1) is 27.7. The number of rotatable bonds is 5. The first-order valence-corrected chi connectivity index (χ1v) is 12.5. The fraction of sp³-hybridized carbons (Fsp3) is 0.407. The summed E-state index contributed by atoms with van der Waals surface area (Å²) in [4.78, 5) is 41.4. The van der Waals surface area contributed by atoms with Crippen molar-refractivity contribution in [3.63, 3.8) is 0 Å². The quantitative estimate of drug-likeness (QED) is 0.385. The second-order valence-corrected chi connectivity index (χ2v) is 9.62. The molecule has 1 aliphatic carbocycles. The molecule has 1 aromatic heterocycles. The summed E-state index contributed by atoms with van der Waals surface area (Å²) >= 11 is 0. The number of carbonyl (C=O) groups excluding carboxylic acids is 3. The molecule has 37 heavy (non-hydrogen) atoms. The number of piperidine rings is 1. The van der Waals surface area contributed by atoms with Crippen molar-refractivity contribution in [2.75, 3.05) is 10.6 Å². The molecule has 2 unspecified atom stereocenters. The number of anilines is 2. The number of hydrogen-bond acceptors (Lipinski definition) is 7. The maximum Gasteiger partial charge on any atom is 0.251 e. The van der Waals surface area contributed by atoms with Crippen molar-refractivity contribution in [2.45, 2.75) is 70.1 Å². The Morgan fingerprint density at radius 1 is 1.05 bits per heavy atom. The molecule has 2 heterocycles. The van der Waals surface area contributed by atoms with Gasteiger partial charge in [0.25, 0.3) is 11.8 Å². The largest absolute Gasteiger partial charge is 0.398 e. The van der Waals surface area contributed by atoms with Crippen molar-refractivity contribution in [3.8, 4) is 0 Å². The third-order valence-electron chi connectivity index (χ3n) is 6.66. The molecule has 8 N–H and O–H groups in total. The molecule has 10 nitrogen and oxygen atoms in total. The molecule has 198 valence electrons. The molecule has 0 bridgehead atoms. The lowest BCUT2D eigenvalue weighted by atomic mass is 9.95. The molecule has 2 aliphatic rings. The number of aromatic nitrogens is 1. The monoisotopic (exact) mass is 508 g/mol. The summed E-state index contributed by atoms with van der Waals surface area (Å²) in [5.74, 6) is -0.807. The number of hydrogen-bond donors (Lipinski definition) is 5. The predicted molar refractivity (Wildman–Crippen MR) is 143 cm³/mol. The van der Waals surface area contributed by atoms with Gasteiger partial charge in [0.05, 0.1) is 17.2 Å². The molecular formula is C27H36N6O4. The summed E-state index contributed by atoms with van der Waals surface area (Å²) in [5, 5.41) is 11.9. The highest BCUT2D eigenvalue weighted by molar-refractivity contribution is 6.01. The highest BCUT2D eigenvalue weighted by Gasteiger charge is 2.30. The van der Waals surface area contributed by atoms with Crippen LogP contribution in [0.25, 0.3) is 0 Å². The van der Waals surface area contributed by atoms with Gasteiger partial charge < -0.3 is 32.5 Å². The lowest BCUT2D eigenvalue weighted by Crippen LogP contribution is -2.47. The third kappa shape index (κ3) is 7.29. The number of pyridine rings is 1. The van der Waals surface area contributed by atoms with E-state index in [2.05, 4.69) is 16.9 Å². The number of nitrogens with zero attached hydrogens (tertiary/aromatic N) is 2. The number of benzene rings is 1. The number of carbonyl (C=O) groups is 3. The van der Waals surface area contributed by atoms with Crippen LogP contribution in [-0.4, -0.2) is 46.0 Å². The molecule has 1 aliphatic heterocycles. The zero-order valence-corrected chi connectivity index (χ0v) is 21.2. The number of primary amides is 2. The van der Waals surface area contributed by atoms with Gasteiger partial charge >= 0.3 is 0 Å². The van der Waals surface area contributed by atoms with Crippen molar-refractivity contribution in [1.82, 2.24) is 10.3 Å². The Balaban J connectivity index is 0.000000468. The first-order chi connectivity index (χ1) is 17.6. The van der Waals surface area contributed by atoms with E-state index in [0.717, 1.165) is 18.5 Å². The molecule has 10 heteroatoms. The van der Waals surface area contributed by atoms with E-state index in [0.29, 0.717) is 29.8 Å². The minimum atomic E-state index is -0.644. The molecule has 2 aromatic rings. The molecule has 3 amide bonds. The van der Waals surface area contributed by atoms with E-state index in [4.69, 9.17) is 22.3 Å². The van der Waals surface area contributed by atoms with Crippen molar-refractivity contribution >= 4 is 29.2 Å². The number of aliphatic hydroxyl groups excluding tert-OH is 1. The van der Waals surface area contributed by atoms with E-state index in [1.54, 1.807) is 12.1 Å². The molecule has 4 rings (SSSR count). The molecule has 2 atom stereocenters. The Hall–Kier alpha value is -3.92. The summed E-state index contributed by atoms with van der Waals surface area (Å²) in [6.07, 6.45) is 8.56. The average molecular weight is 509 g/mol. The number of amides is 3. The molecule has 2 fully saturated rings. The van der Waals surface area contributed by atoms with Gasteiger partial charge in [0.1, 0.15) is 5.82 Å². The minimum Gasteiger partial charge on any atom is -0.398 e. The minimum absolute atomic E-state index is 0.0192. The number of nitrogens with two attached hydrogens (primary N) is 3. The second-order valence-electron chi connectivity index (χ2n) is 9.62. The van der Waals surface area contributed by atoms with Crippen LogP contribution in [-0.2, 0) is 0 Å².